The minimum absolute atomic E-state index is 0.141. The zero-order valence-electron chi connectivity index (χ0n) is 20.1. The van der Waals surface area contributed by atoms with Crippen molar-refractivity contribution in [3.63, 3.8) is 0 Å². The Bertz CT molecular complexity index is 685. The highest BCUT2D eigenvalue weighted by Crippen LogP contribution is 2.33. The van der Waals surface area contributed by atoms with Gasteiger partial charge in [-0.05, 0) is 6.42 Å². The molecule has 0 spiro atoms. The molecule has 0 saturated carbocycles. The molecular weight excluding hydrogens is 508 g/mol. The van der Waals surface area contributed by atoms with Crippen molar-refractivity contribution in [2.24, 2.45) is 0 Å². The molecule has 3 rings (SSSR count). The van der Waals surface area contributed by atoms with E-state index in [9.17, 15) is 51.1 Å². The number of rotatable bonds is 10. The summed E-state index contributed by atoms with van der Waals surface area (Å²) < 4.78 is 33.3. The molecule has 10 N–H and O–H groups in total. The van der Waals surface area contributed by atoms with Gasteiger partial charge in [-0.2, -0.15) is 0 Å². The van der Waals surface area contributed by atoms with E-state index in [0.717, 1.165) is 0 Å². The summed E-state index contributed by atoms with van der Waals surface area (Å²) in [4.78, 5) is 0. The highest BCUT2D eigenvalue weighted by molar-refractivity contribution is 4.96. The normalized spacial score (nSPS) is 49.2. The van der Waals surface area contributed by atoms with Crippen LogP contribution in [0.5, 0.6) is 0 Å². The van der Waals surface area contributed by atoms with Gasteiger partial charge in [0.05, 0.1) is 19.8 Å². The van der Waals surface area contributed by atoms with Crippen molar-refractivity contribution in [3.05, 3.63) is 0 Å². The smallest absolute Gasteiger partial charge is 0.187 e. The van der Waals surface area contributed by atoms with Crippen LogP contribution in [-0.2, 0) is 28.4 Å². The van der Waals surface area contributed by atoms with E-state index in [4.69, 9.17) is 28.4 Å². The monoisotopic (exact) mass is 546 g/mol. The van der Waals surface area contributed by atoms with Crippen molar-refractivity contribution in [2.75, 3.05) is 26.4 Å². The molecule has 0 bridgehead atoms. The Morgan fingerprint density at radius 1 is 0.514 bits per heavy atom. The van der Waals surface area contributed by atoms with E-state index in [2.05, 4.69) is 0 Å². The third kappa shape index (κ3) is 6.58. The molecule has 0 aromatic rings. The number of hydrogen-bond donors (Lipinski definition) is 10. The van der Waals surface area contributed by atoms with Gasteiger partial charge < -0.3 is 79.5 Å². The lowest BCUT2D eigenvalue weighted by atomic mass is 9.96. The predicted octanol–water partition coefficient (Wildman–Crippen LogP) is -6.14. The van der Waals surface area contributed by atoms with Crippen LogP contribution in [0.25, 0.3) is 0 Å². The minimum atomic E-state index is -1.87. The van der Waals surface area contributed by atoms with Gasteiger partial charge in [0.1, 0.15) is 73.2 Å². The van der Waals surface area contributed by atoms with Gasteiger partial charge in [-0.3, -0.25) is 0 Å². The molecule has 16 heteroatoms. The summed E-state index contributed by atoms with van der Waals surface area (Å²) in [5.41, 5.74) is 0. The Balaban J connectivity index is 1.86. The highest BCUT2D eigenvalue weighted by Gasteiger charge is 2.54. The first kappa shape index (κ1) is 30.9. The molecular formula is C21H38O16. The van der Waals surface area contributed by atoms with Crippen molar-refractivity contribution >= 4 is 0 Å². The second-order valence-electron chi connectivity index (χ2n) is 9.18. The van der Waals surface area contributed by atoms with Crippen molar-refractivity contribution in [1.29, 1.82) is 0 Å². The molecule has 3 heterocycles. The lowest BCUT2D eigenvalue weighted by molar-refractivity contribution is -0.393. The van der Waals surface area contributed by atoms with Gasteiger partial charge in [0.2, 0.25) is 0 Å². The largest absolute Gasteiger partial charge is 0.394 e. The Kier molecular flexibility index (Phi) is 11.4. The summed E-state index contributed by atoms with van der Waals surface area (Å²) in [6.07, 6.45) is -23.6. The molecule has 3 saturated heterocycles. The molecule has 15 atom stereocenters. The SMILES string of the molecule is CCCO[C@@H]1O[C@H](CO)[C@@H](O)[C@H](O)[C@@H]1O[C@@H]1O[C@H](CO)[C@@H](O)[C@H](O)[C@@H]1O[C@@H]1O[C@H](CO)[C@@H](O)[C@H](O)[C@@H]1O. The number of hydrogen-bond acceptors (Lipinski definition) is 16. The second kappa shape index (κ2) is 13.6. The van der Waals surface area contributed by atoms with Crippen molar-refractivity contribution in [3.8, 4) is 0 Å². The molecule has 0 unspecified atom stereocenters. The van der Waals surface area contributed by atoms with E-state index >= 15 is 0 Å². The van der Waals surface area contributed by atoms with Gasteiger partial charge in [0, 0.05) is 6.61 Å². The number of aliphatic hydroxyl groups is 10. The maximum atomic E-state index is 10.8. The third-order valence-electron chi connectivity index (χ3n) is 6.57. The van der Waals surface area contributed by atoms with Crippen LogP contribution in [-0.4, -0.2) is 170 Å². The average Bonchev–Trinajstić information content (AvgIpc) is 2.90. The Labute approximate surface area is 212 Å². The summed E-state index contributed by atoms with van der Waals surface area (Å²) in [5.74, 6) is 0. The van der Waals surface area contributed by atoms with Crippen molar-refractivity contribution < 1.29 is 79.5 Å². The van der Waals surface area contributed by atoms with Crippen LogP contribution in [0.2, 0.25) is 0 Å². The Morgan fingerprint density at radius 2 is 0.919 bits per heavy atom. The third-order valence-corrected chi connectivity index (χ3v) is 6.57. The molecule has 3 aliphatic heterocycles. The molecule has 218 valence electrons. The fraction of sp³-hybridized carbons (Fsp3) is 1.00. The number of aliphatic hydroxyl groups excluding tert-OH is 10. The molecule has 3 aliphatic rings. The quantitative estimate of drug-likeness (QED) is 0.122. The zero-order valence-corrected chi connectivity index (χ0v) is 20.1. The standard InChI is InChI=1S/C21H38O16/c1-2-3-32-20-17(14(29)11(26)8(5-23)34-20)37-21-18(15(30)12(27)9(6-24)35-21)36-19-16(31)13(28)10(25)7(4-22)33-19/h7-31H,2-6H2,1H3/t7-,8-,9-,10-,11-,12-,13+,14+,15+,16+,17+,18+,19+,20-,21+/m1/s1. The molecule has 0 aromatic heterocycles. The van der Waals surface area contributed by atoms with Crippen LogP contribution in [0.15, 0.2) is 0 Å². The van der Waals surface area contributed by atoms with Gasteiger partial charge in [-0.1, -0.05) is 6.92 Å². The van der Waals surface area contributed by atoms with Gasteiger partial charge >= 0.3 is 0 Å². The van der Waals surface area contributed by atoms with Crippen LogP contribution in [0, 0.1) is 0 Å². The van der Waals surface area contributed by atoms with Crippen LogP contribution >= 0.6 is 0 Å². The van der Waals surface area contributed by atoms with E-state index in [-0.39, 0.29) is 6.61 Å². The maximum Gasteiger partial charge on any atom is 0.187 e. The second-order valence-corrected chi connectivity index (χ2v) is 9.18. The van der Waals surface area contributed by atoms with Crippen LogP contribution < -0.4 is 0 Å². The van der Waals surface area contributed by atoms with E-state index in [0.29, 0.717) is 6.42 Å². The van der Waals surface area contributed by atoms with Gasteiger partial charge in [0.25, 0.3) is 0 Å². The van der Waals surface area contributed by atoms with Crippen LogP contribution in [0.1, 0.15) is 13.3 Å². The Morgan fingerprint density at radius 3 is 1.41 bits per heavy atom. The fourth-order valence-corrected chi connectivity index (χ4v) is 4.37. The first-order chi connectivity index (χ1) is 17.6. The average molecular weight is 547 g/mol. The molecule has 0 aromatic carbocycles. The fourth-order valence-electron chi connectivity index (χ4n) is 4.37. The first-order valence-corrected chi connectivity index (χ1v) is 12.1. The van der Waals surface area contributed by atoms with Crippen molar-refractivity contribution in [1.82, 2.24) is 0 Å². The highest BCUT2D eigenvalue weighted by atomic mass is 16.8. The summed E-state index contributed by atoms with van der Waals surface area (Å²) in [6.45, 7) is -0.222. The lowest BCUT2D eigenvalue weighted by Gasteiger charge is -2.48. The van der Waals surface area contributed by atoms with E-state index in [1.165, 1.54) is 0 Å². The van der Waals surface area contributed by atoms with Gasteiger partial charge in [-0.25, -0.2) is 0 Å². The molecule has 0 aliphatic carbocycles. The van der Waals surface area contributed by atoms with E-state index < -0.39 is 112 Å². The molecule has 0 amide bonds. The van der Waals surface area contributed by atoms with Crippen LogP contribution in [0.4, 0.5) is 0 Å². The number of ether oxygens (including phenoxy) is 6. The first-order valence-electron chi connectivity index (χ1n) is 12.1. The summed E-state index contributed by atoms with van der Waals surface area (Å²) >= 11 is 0. The van der Waals surface area contributed by atoms with Gasteiger partial charge in [0.15, 0.2) is 18.9 Å². The molecule has 16 nitrogen and oxygen atoms in total. The topological polar surface area (TPSA) is 258 Å². The summed E-state index contributed by atoms with van der Waals surface area (Å²) in [5, 5.41) is 101. The minimum Gasteiger partial charge on any atom is -0.394 e. The maximum absolute atomic E-state index is 10.8. The van der Waals surface area contributed by atoms with Crippen LogP contribution in [0.3, 0.4) is 0 Å². The zero-order chi connectivity index (χ0) is 27.4. The van der Waals surface area contributed by atoms with Crippen molar-refractivity contribution in [2.45, 2.75) is 105 Å². The predicted molar refractivity (Wildman–Crippen MR) is 115 cm³/mol. The molecule has 3 fully saturated rings. The lowest BCUT2D eigenvalue weighted by Crippen LogP contribution is -2.67. The summed E-state index contributed by atoms with van der Waals surface area (Å²) in [6, 6.07) is 0. The van der Waals surface area contributed by atoms with E-state index in [1.54, 1.807) is 6.92 Å². The summed E-state index contributed by atoms with van der Waals surface area (Å²) in [7, 11) is 0. The Hall–Kier alpha value is -0.640. The van der Waals surface area contributed by atoms with E-state index in [1.807, 2.05) is 0 Å². The molecule has 37 heavy (non-hydrogen) atoms. The van der Waals surface area contributed by atoms with Gasteiger partial charge in [-0.15, -0.1) is 0 Å². The molecule has 0 radical (unpaired) electrons.